The van der Waals surface area contributed by atoms with Crippen LogP contribution in [0.3, 0.4) is 0 Å². The first kappa shape index (κ1) is 34.5. The van der Waals surface area contributed by atoms with Gasteiger partial charge in [-0.2, -0.15) is 0 Å². The lowest BCUT2D eigenvalue weighted by Gasteiger charge is -2.28. The second kappa shape index (κ2) is 14.2. The molecule has 0 aliphatic rings. The van der Waals surface area contributed by atoms with Gasteiger partial charge in [0.05, 0.1) is 6.61 Å². The molecule has 0 bridgehead atoms. The highest BCUT2D eigenvalue weighted by Crippen LogP contribution is 2.32. The van der Waals surface area contributed by atoms with Crippen molar-refractivity contribution in [3.63, 3.8) is 0 Å². The Labute approximate surface area is 235 Å². The van der Waals surface area contributed by atoms with Crippen LogP contribution in [0.1, 0.15) is 80.7 Å². The number of benzene rings is 1. The fourth-order valence-electron chi connectivity index (χ4n) is 3.28. The SMILES string of the molecule is CC(C)CCOC(=O)O[C@@H](C)CC(N)(Cc1ccc(OC(=O)OC(C)(C)C)c(OC(=O)OC(C)(C)C)c1)C(=O)O. The fourth-order valence-corrected chi connectivity index (χ4v) is 3.28. The summed E-state index contributed by atoms with van der Waals surface area (Å²) in [4.78, 5) is 48.7. The molecular weight excluding hydrogens is 526 g/mol. The van der Waals surface area contributed by atoms with E-state index in [4.69, 9.17) is 34.2 Å². The van der Waals surface area contributed by atoms with Crippen LogP contribution >= 0.6 is 0 Å². The van der Waals surface area contributed by atoms with Gasteiger partial charge in [0.1, 0.15) is 22.8 Å². The Morgan fingerprint density at radius 2 is 1.38 bits per heavy atom. The van der Waals surface area contributed by atoms with Crippen molar-refractivity contribution >= 4 is 24.4 Å². The number of hydrogen-bond donors (Lipinski definition) is 2. The zero-order valence-electron chi connectivity index (χ0n) is 24.8. The normalized spacial score (nSPS) is 14.0. The number of aliphatic carboxylic acids is 1. The summed E-state index contributed by atoms with van der Waals surface area (Å²) >= 11 is 0. The number of carboxylic acids is 1. The van der Waals surface area contributed by atoms with Crippen molar-refractivity contribution in [3.05, 3.63) is 23.8 Å². The third kappa shape index (κ3) is 13.5. The Bertz CT molecular complexity index is 1040. The molecule has 0 radical (unpaired) electrons. The molecule has 0 heterocycles. The van der Waals surface area contributed by atoms with E-state index in [0.29, 0.717) is 17.9 Å². The largest absolute Gasteiger partial charge is 0.514 e. The Kier molecular flexibility index (Phi) is 12.2. The molecule has 0 aliphatic heterocycles. The van der Waals surface area contributed by atoms with E-state index < -0.39 is 47.3 Å². The molecule has 0 fully saturated rings. The number of carboxylic acid groups (broad SMARTS) is 1. The van der Waals surface area contributed by atoms with Crippen molar-refractivity contribution in [2.45, 2.75) is 104 Å². The van der Waals surface area contributed by atoms with Crippen molar-refractivity contribution in [1.29, 1.82) is 0 Å². The third-order valence-corrected chi connectivity index (χ3v) is 4.98. The van der Waals surface area contributed by atoms with E-state index in [0.717, 1.165) is 0 Å². The Hall–Kier alpha value is -3.54. The first-order valence-corrected chi connectivity index (χ1v) is 13.0. The van der Waals surface area contributed by atoms with Gasteiger partial charge in [-0.1, -0.05) is 19.9 Å². The van der Waals surface area contributed by atoms with Crippen molar-refractivity contribution < 1.29 is 52.7 Å². The van der Waals surface area contributed by atoms with E-state index in [9.17, 15) is 24.3 Å². The summed E-state index contributed by atoms with van der Waals surface area (Å²) < 4.78 is 31.0. The fraction of sp³-hybridized carbons (Fsp3) is 0.643. The summed E-state index contributed by atoms with van der Waals surface area (Å²) in [5.74, 6) is -1.40. The smallest absolute Gasteiger partial charge is 0.480 e. The summed E-state index contributed by atoms with van der Waals surface area (Å²) in [6, 6.07) is 4.07. The highest BCUT2D eigenvalue weighted by Gasteiger charge is 2.37. The highest BCUT2D eigenvalue weighted by molar-refractivity contribution is 5.79. The van der Waals surface area contributed by atoms with Gasteiger partial charge in [-0.25, -0.2) is 14.4 Å². The van der Waals surface area contributed by atoms with Crippen LogP contribution in [0.4, 0.5) is 14.4 Å². The van der Waals surface area contributed by atoms with Crippen LogP contribution in [0.15, 0.2) is 18.2 Å². The van der Waals surface area contributed by atoms with Gasteiger partial charge in [0, 0.05) is 12.8 Å². The van der Waals surface area contributed by atoms with E-state index in [2.05, 4.69) is 0 Å². The molecule has 12 heteroatoms. The molecule has 0 saturated carbocycles. The van der Waals surface area contributed by atoms with E-state index in [-0.39, 0.29) is 30.9 Å². The number of carbonyl (C=O) groups excluding carboxylic acids is 3. The molecule has 1 aromatic rings. The van der Waals surface area contributed by atoms with Gasteiger partial charge in [0.25, 0.3) is 0 Å². The third-order valence-electron chi connectivity index (χ3n) is 4.98. The van der Waals surface area contributed by atoms with E-state index >= 15 is 0 Å². The average Bonchev–Trinajstić information content (AvgIpc) is 2.72. The van der Waals surface area contributed by atoms with E-state index in [1.165, 1.54) is 25.1 Å². The summed E-state index contributed by atoms with van der Waals surface area (Å²) in [5.41, 5.74) is 2.97. The Morgan fingerprint density at radius 1 is 0.850 bits per heavy atom. The second-order valence-electron chi connectivity index (χ2n) is 12.0. The maximum absolute atomic E-state index is 12.4. The number of rotatable bonds is 11. The average molecular weight is 570 g/mol. The molecule has 1 unspecified atom stereocenters. The lowest BCUT2D eigenvalue weighted by Crippen LogP contribution is -2.52. The Balaban J connectivity index is 3.16. The molecule has 0 aromatic heterocycles. The molecule has 0 aliphatic carbocycles. The summed E-state index contributed by atoms with van der Waals surface area (Å²) in [6.45, 7) is 15.5. The van der Waals surface area contributed by atoms with Crippen LogP contribution in [0, 0.1) is 5.92 Å². The predicted molar refractivity (Wildman–Crippen MR) is 144 cm³/mol. The summed E-state index contributed by atoms with van der Waals surface area (Å²) in [5, 5.41) is 9.92. The van der Waals surface area contributed by atoms with Crippen molar-refractivity contribution in [2.75, 3.05) is 6.61 Å². The lowest BCUT2D eigenvalue weighted by molar-refractivity contribution is -0.144. The van der Waals surface area contributed by atoms with Crippen molar-refractivity contribution in [1.82, 2.24) is 0 Å². The van der Waals surface area contributed by atoms with Gasteiger partial charge in [0.2, 0.25) is 0 Å². The Morgan fingerprint density at radius 3 is 1.85 bits per heavy atom. The minimum atomic E-state index is -1.88. The number of carbonyl (C=O) groups is 4. The van der Waals surface area contributed by atoms with Gasteiger partial charge in [-0.05, 0) is 78.5 Å². The van der Waals surface area contributed by atoms with E-state index in [1.54, 1.807) is 41.5 Å². The number of hydrogen-bond acceptors (Lipinski definition) is 11. The zero-order valence-corrected chi connectivity index (χ0v) is 24.8. The quantitative estimate of drug-likeness (QED) is 0.192. The molecule has 2 atom stereocenters. The predicted octanol–water partition coefficient (Wildman–Crippen LogP) is 5.62. The number of ether oxygens (including phenoxy) is 6. The zero-order chi connectivity index (χ0) is 30.9. The molecule has 3 N–H and O–H groups in total. The van der Waals surface area contributed by atoms with Crippen LogP contribution in [-0.4, -0.2) is 59.0 Å². The maximum atomic E-state index is 12.4. The highest BCUT2D eigenvalue weighted by atomic mass is 16.8. The first-order valence-electron chi connectivity index (χ1n) is 13.0. The number of nitrogens with two attached hydrogens (primary N) is 1. The summed E-state index contributed by atoms with van der Waals surface area (Å²) in [7, 11) is 0. The maximum Gasteiger partial charge on any atom is 0.514 e. The minimum Gasteiger partial charge on any atom is -0.480 e. The molecule has 0 spiro atoms. The van der Waals surface area contributed by atoms with Crippen molar-refractivity contribution in [2.24, 2.45) is 11.7 Å². The molecule has 1 aromatic carbocycles. The first-order chi connectivity index (χ1) is 18.2. The van der Waals surface area contributed by atoms with Gasteiger partial charge >= 0.3 is 24.4 Å². The van der Waals surface area contributed by atoms with E-state index in [1.807, 2.05) is 13.8 Å². The van der Waals surface area contributed by atoms with Crippen LogP contribution in [0.25, 0.3) is 0 Å². The molecule has 226 valence electrons. The molecule has 12 nitrogen and oxygen atoms in total. The summed E-state index contributed by atoms with van der Waals surface area (Å²) in [6.07, 6.45) is -3.78. The molecule has 40 heavy (non-hydrogen) atoms. The topological polar surface area (TPSA) is 170 Å². The van der Waals surface area contributed by atoms with Crippen LogP contribution in [0.2, 0.25) is 0 Å². The van der Waals surface area contributed by atoms with Crippen molar-refractivity contribution in [3.8, 4) is 11.5 Å². The molecule has 1 rings (SSSR count). The minimum absolute atomic E-state index is 0.164. The van der Waals surface area contributed by atoms with Crippen LogP contribution in [0.5, 0.6) is 11.5 Å². The van der Waals surface area contributed by atoms with Crippen LogP contribution < -0.4 is 15.2 Å². The van der Waals surface area contributed by atoms with Gasteiger partial charge in [-0.3, -0.25) is 4.79 Å². The van der Waals surface area contributed by atoms with Gasteiger partial charge in [0.15, 0.2) is 11.5 Å². The van der Waals surface area contributed by atoms with Gasteiger partial charge in [-0.15, -0.1) is 0 Å². The molecular formula is C28H43NO11. The lowest BCUT2D eigenvalue weighted by atomic mass is 9.86. The monoisotopic (exact) mass is 569 g/mol. The van der Waals surface area contributed by atoms with Crippen LogP contribution in [-0.2, 0) is 30.2 Å². The molecule has 0 saturated heterocycles. The second-order valence-corrected chi connectivity index (χ2v) is 12.0. The molecule has 0 amide bonds. The standard InChI is InChI=1S/C28H43NO11/c1-17(2)12-13-35-23(32)36-18(3)15-28(29,22(30)31)16-19-10-11-20(37-24(33)39-26(4,5)6)21(14-19)38-25(34)40-27(7,8)9/h10-11,14,17-18H,12-13,15-16,29H2,1-9H3,(H,30,31)/t18-,28?/m0/s1. The van der Waals surface area contributed by atoms with Gasteiger partial charge < -0.3 is 39.3 Å².